The Morgan fingerprint density at radius 2 is 1.94 bits per heavy atom. The van der Waals surface area contributed by atoms with Crippen molar-refractivity contribution >= 4 is 11.8 Å². The Hall–Kier alpha value is 0.310. The topological polar surface area (TPSA) is 12.0 Å². The molecule has 0 aromatic carbocycles. The zero-order valence-electron chi connectivity index (χ0n) is 12.5. The Morgan fingerprint density at radius 1 is 1.17 bits per heavy atom. The number of thioether (sulfide) groups is 1. The van der Waals surface area contributed by atoms with Crippen molar-refractivity contribution in [1.82, 2.24) is 5.32 Å². The first-order valence-electron chi connectivity index (χ1n) is 7.73. The largest absolute Gasteiger partial charge is 0.312 e. The first kappa shape index (κ1) is 13.3. The Bertz CT molecular complexity index is 327. The normalized spacial score (nSPS) is 50.0. The summed E-state index contributed by atoms with van der Waals surface area (Å²) in [5.41, 5.74) is 1.08. The van der Waals surface area contributed by atoms with Gasteiger partial charge in [0.25, 0.3) is 0 Å². The van der Waals surface area contributed by atoms with Gasteiger partial charge in [0.05, 0.1) is 0 Å². The van der Waals surface area contributed by atoms with Crippen molar-refractivity contribution in [3.8, 4) is 0 Å². The SMILES string of the molecule is CC1(CNC2C(C)(C)[C@H]3CC[C@]2(C)C3)CCCS1. The third kappa shape index (κ3) is 1.95. The lowest BCUT2D eigenvalue weighted by Gasteiger charge is -2.44. The summed E-state index contributed by atoms with van der Waals surface area (Å²) in [6.07, 6.45) is 7.19. The van der Waals surface area contributed by atoms with Crippen LogP contribution in [0.2, 0.25) is 0 Å². The molecule has 18 heavy (non-hydrogen) atoms. The molecule has 2 saturated carbocycles. The van der Waals surface area contributed by atoms with Gasteiger partial charge in [-0.15, -0.1) is 0 Å². The summed E-state index contributed by atoms with van der Waals surface area (Å²) in [5.74, 6) is 2.33. The third-order valence-electron chi connectivity index (χ3n) is 6.25. The third-order valence-corrected chi connectivity index (χ3v) is 7.79. The summed E-state index contributed by atoms with van der Waals surface area (Å²) in [7, 11) is 0. The molecule has 0 spiro atoms. The average molecular weight is 267 g/mol. The standard InChI is InChI=1S/C16H29NS/c1-14(2)12-6-8-15(3,10-12)13(14)17-11-16(4)7-5-9-18-16/h12-13,17H,5-11H2,1-4H3/t12-,13?,15+,16?/m0/s1. The van der Waals surface area contributed by atoms with E-state index in [0.717, 1.165) is 12.0 Å². The summed E-state index contributed by atoms with van der Waals surface area (Å²) < 4.78 is 0.508. The van der Waals surface area contributed by atoms with Gasteiger partial charge in [-0.25, -0.2) is 0 Å². The number of fused-ring (bicyclic) bond motifs is 2. The summed E-state index contributed by atoms with van der Waals surface area (Å²) in [5, 5.41) is 4.01. The van der Waals surface area contributed by atoms with Gasteiger partial charge < -0.3 is 5.32 Å². The molecule has 1 nitrogen and oxygen atoms in total. The van der Waals surface area contributed by atoms with Gasteiger partial charge >= 0.3 is 0 Å². The van der Waals surface area contributed by atoms with Gasteiger partial charge in [-0.1, -0.05) is 20.8 Å². The highest BCUT2D eigenvalue weighted by atomic mass is 32.2. The molecule has 3 fully saturated rings. The molecule has 2 unspecified atom stereocenters. The van der Waals surface area contributed by atoms with Crippen molar-refractivity contribution in [2.45, 2.75) is 70.6 Å². The number of hydrogen-bond donors (Lipinski definition) is 1. The molecule has 1 N–H and O–H groups in total. The van der Waals surface area contributed by atoms with Crippen LogP contribution in [0, 0.1) is 16.7 Å². The van der Waals surface area contributed by atoms with Crippen LogP contribution in [0.1, 0.15) is 59.8 Å². The molecular weight excluding hydrogens is 238 g/mol. The van der Waals surface area contributed by atoms with E-state index in [9.17, 15) is 0 Å². The van der Waals surface area contributed by atoms with E-state index >= 15 is 0 Å². The molecule has 3 rings (SSSR count). The van der Waals surface area contributed by atoms with Gasteiger partial charge in [0.1, 0.15) is 0 Å². The van der Waals surface area contributed by atoms with Gasteiger partial charge in [0.15, 0.2) is 0 Å². The fourth-order valence-electron chi connectivity index (χ4n) is 5.11. The minimum Gasteiger partial charge on any atom is -0.312 e. The predicted molar refractivity (Wildman–Crippen MR) is 81.1 cm³/mol. The van der Waals surface area contributed by atoms with E-state index in [0.29, 0.717) is 15.6 Å². The maximum Gasteiger partial charge on any atom is 0.0256 e. The summed E-state index contributed by atoms with van der Waals surface area (Å²) in [6, 6.07) is 0.738. The van der Waals surface area contributed by atoms with Crippen LogP contribution in [0.4, 0.5) is 0 Å². The Kier molecular flexibility index (Phi) is 3.07. The van der Waals surface area contributed by atoms with Gasteiger partial charge in [-0.05, 0) is 61.5 Å². The Balaban J connectivity index is 1.68. The fraction of sp³-hybridized carbons (Fsp3) is 1.00. The Morgan fingerprint density at radius 3 is 2.50 bits per heavy atom. The minimum atomic E-state index is 0.507. The highest BCUT2D eigenvalue weighted by Crippen LogP contribution is 2.62. The van der Waals surface area contributed by atoms with Crippen molar-refractivity contribution < 1.29 is 0 Å². The lowest BCUT2D eigenvalue weighted by molar-refractivity contribution is 0.107. The van der Waals surface area contributed by atoms with Crippen LogP contribution in [-0.2, 0) is 0 Å². The van der Waals surface area contributed by atoms with Crippen LogP contribution in [0.3, 0.4) is 0 Å². The van der Waals surface area contributed by atoms with Crippen molar-refractivity contribution in [3.63, 3.8) is 0 Å². The van der Waals surface area contributed by atoms with Crippen molar-refractivity contribution in [2.75, 3.05) is 12.3 Å². The minimum absolute atomic E-state index is 0.507. The highest BCUT2D eigenvalue weighted by molar-refractivity contribution is 8.00. The second kappa shape index (κ2) is 4.15. The van der Waals surface area contributed by atoms with Crippen LogP contribution < -0.4 is 5.32 Å². The zero-order chi connectivity index (χ0) is 13.0. The van der Waals surface area contributed by atoms with Gasteiger partial charge in [0.2, 0.25) is 0 Å². The molecule has 0 radical (unpaired) electrons. The lowest BCUT2D eigenvalue weighted by Crippen LogP contribution is -2.53. The van der Waals surface area contributed by atoms with E-state index in [2.05, 4.69) is 44.8 Å². The second-order valence-electron chi connectivity index (χ2n) is 8.13. The van der Waals surface area contributed by atoms with E-state index in [1.165, 1.54) is 44.4 Å². The van der Waals surface area contributed by atoms with Crippen LogP contribution >= 0.6 is 11.8 Å². The molecule has 0 amide bonds. The molecule has 3 aliphatic rings. The molecule has 2 heteroatoms. The van der Waals surface area contributed by atoms with Crippen molar-refractivity contribution in [1.29, 1.82) is 0 Å². The Labute approximate surface area is 117 Å². The molecule has 2 aliphatic carbocycles. The van der Waals surface area contributed by atoms with Crippen LogP contribution in [0.25, 0.3) is 0 Å². The maximum atomic E-state index is 4.01. The summed E-state index contributed by atoms with van der Waals surface area (Å²) in [4.78, 5) is 0. The highest BCUT2D eigenvalue weighted by Gasteiger charge is 2.59. The quantitative estimate of drug-likeness (QED) is 0.827. The van der Waals surface area contributed by atoms with E-state index < -0.39 is 0 Å². The predicted octanol–water partition coefficient (Wildman–Crippen LogP) is 4.08. The monoisotopic (exact) mass is 267 g/mol. The summed E-state index contributed by atoms with van der Waals surface area (Å²) >= 11 is 2.18. The molecule has 104 valence electrons. The molecule has 1 aliphatic heterocycles. The van der Waals surface area contributed by atoms with E-state index in [1.807, 2.05) is 0 Å². The number of nitrogens with one attached hydrogen (secondary N) is 1. The first-order valence-corrected chi connectivity index (χ1v) is 8.72. The van der Waals surface area contributed by atoms with Crippen LogP contribution in [0.15, 0.2) is 0 Å². The van der Waals surface area contributed by atoms with Gasteiger partial charge in [0, 0.05) is 17.3 Å². The summed E-state index contributed by atoms with van der Waals surface area (Å²) in [6.45, 7) is 11.2. The van der Waals surface area contributed by atoms with Crippen molar-refractivity contribution in [2.24, 2.45) is 16.7 Å². The molecule has 1 heterocycles. The van der Waals surface area contributed by atoms with E-state index in [4.69, 9.17) is 0 Å². The molecule has 0 aromatic rings. The molecule has 0 aromatic heterocycles. The zero-order valence-corrected chi connectivity index (χ0v) is 13.3. The van der Waals surface area contributed by atoms with Crippen LogP contribution in [0.5, 0.6) is 0 Å². The van der Waals surface area contributed by atoms with Crippen LogP contribution in [-0.4, -0.2) is 23.1 Å². The molecule has 4 atom stereocenters. The van der Waals surface area contributed by atoms with E-state index in [1.54, 1.807) is 0 Å². The smallest absolute Gasteiger partial charge is 0.0256 e. The first-order chi connectivity index (χ1) is 8.36. The molecule has 2 bridgehead atoms. The number of rotatable bonds is 3. The second-order valence-corrected chi connectivity index (χ2v) is 9.81. The molecular formula is C16H29NS. The van der Waals surface area contributed by atoms with Crippen molar-refractivity contribution in [3.05, 3.63) is 0 Å². The van der Waals surface area contributed by atoms with Gasteiger partial charge in [-0.2, -0.15) is 11.8 Å². The lowest BCUT2D eigenvalue weighted by atomic mass is 9.68. The average Bonchev–Trinajstić information content (AvgIpc) is 2.90. The number of hydrogen-bond acceptors (Lipinski definition) is 2. The molecule has 1 saturated heterocycles. The maximum absolute atomic E-state index is 4.01. The van der Waals surface area contributed by atoms with E-state index in [-0.39, 0.29) is 0 Å². The van der Waals surface area contributed by atoms with Gasteiger partial charge in [-0.3, -0.25) is 0 Å². The fourth-order valence-corrected chi connectivity index (χ4v) is 6.36.